The van der Waals surface area contributed by atoms with Gasteiger partial charge in [0.15, 0.2) is 0 Å². The summed E-state index contributed by atoms with van der Waals surface area (Å²) in [6.45, 7) is 0. The van der Waals surface area contributed by atoms with Gasteiger partial charge in [-0.05, 0) is 37.1 Å². The average Bonchev–Trinajstić information content (AvgIpc) is 3.20. The van der Waals surface area contributed by atoms with Gasteiger partial charge in [0.25, 0.3) is 11.8 Å². The highest BCUT2D eigenvalue weighted by atomic mass is 16.2. The first-order valence-corrected chi connectivity index (χ1v) is 7.58. The number of carbonyl (C=O) groups excluding carboxylic acids is 2. The van der Waals surface area contributed by atoms with Crippen LogP contribution in [0.25, 0.3) is 0 Å². The molecule has 2 amide bonds. The third-order valence-electron chi connectivity index (χ3n) is 3.91. The van der Waals surface area contributed by atoms with Crippen LogP contribution in [0.15, 0.2) is 42.5 Å². The smallest absolute Gasteiger partial charge is 0.267 e. The Morgan fingerprint density at radius 2 is 1.68 bits per heavy atom. The number of hydrogen-bond acceptors (Lipinski definition) is 2. The van der Waals surface area contributed by atoms with Crippen LogP contribution < -0.4 is 10.6 Å². The first-order valence-electron chi connectivity index (χ1n) is 7.58. The lowest BCUT2D eigenvalue weighted by atomic mass is 10.2. The van der Waals surface area contributed by atoms with Crippen molar-refractivity contribution in [2.45, 2.75) is 31.7 Å². The Hall–Kier alpha value is -2.56. The lowest BCUT2D eigenvalue weighted by molar-refractivity contribution is 0.0932. The Labute approximate surface area is 129 Å². The average molecular weight is 297 g/mol. The maximum Gasteiger partial charge on any atom is 0.267 e. The maximum atomic E-state index is 12.1. The molecule has 1 aromatic heterocycles. The molecule has 114 valence electrons. The zero-order valence-electron chi connectivity index (χ0n) is 12.3. The molecule has 0 bridgehead atoms. The Kier molecular flexibility index (Phi) is 4.23. The number of nitrogens with one attached hydrogen (secondary N) is 3. The topological polar surface area (TPSA) is 74.0 Å². The molecular weight excluding hydrogens is 278 g/mol. The molecule has 1 aliphatic carbocycles. The molecule has 0 aliphatic heterocycles. The molecule has 1 fully saturated rings. The largest absolute Gasteiger partial charge is 0.348 e. The molecule has 3 rings (SSSR count). The predicted molar refractivity (Wildman–Crippen MR) is 84.9 cm³/mol. The van der Waals surface area contributed by atoms with Crippen molar-refractivity contribution in [3.63, 3.8) is 0 Å². The van der Waals surface area contributed by atoms with Crippen LogP contribution in [-0.4, -0.2) is 22.8 Å². The SMILES string of the molecule is O=C(Nc1ccc(C(=O)NC2CCCC2)[nH]1)c1ccccc1. The lowest BCUT2D eigenvalue weighted by Crippen LogP contribution is -2.32. The molecule has 1 aliphatic rings. The molecule has 1 aromatic carbocycles. The van der Waals surface area contributed by atoms with Crippen LogP contribution in [0.5, 0.6) is 0 Å². The normalized spacial score (nSPS) is 14.7. The maximum absolute atomic E-state index is 12.1. The Morgan fingerprint density at radius 1 is 0.955 bits per heavy atom. The standard InChI is InChI=1S/C17H19N3O2/c21-16(12-6-2-1-3-7-12)20-15-11-10-14(19-15)17(22)18-13-8-4-5-9-13/h1-3,6-7,10-11,13,19H,4-5,8-9H2,(H,18,22)(H,20,21). The summed E-state index contributed by atoms with van der Waals surface area (Å²) >= 11 is 0. The molecule has 5 heteroatoms. The molecule has 3 N–H and O–H groups in total. The van der Waals surface area contributed by atoms with E-state index in [1.165, 1.54) is 12.8 Å². The summed E-state index contributed by atoms with van der Waals surface area (Å²) in [7, 11) is 0. The van der Waals surface area contributed by atoms with E-state index in [0.717, 1.165) is 12.8 Å². The molecule has 0 unspecified atom stereocenters. The highest BCUT2D eigenvalue weighted by molar-refractivity contribution is 6.04. The van der Waals surface area contributed by atoms with Crippen LogP contribution in [0.2, 0.25) is 0 Å². The number of H-pyrrole nitrogens is 1. The van der Waals surface area contributed by atoms with Crippen molar-refractivity contribution < 1.29 is 9.59 Å². The van der Waals surface area contributed by atoms with Crippen LogP contribution in [0.1, 0.15) is 46.5 Å². The molecular formula is C17H19N3O2. The molecule has 1 saturated carbocycles. The summed E-state index contributed by atoms with van der Waals surface area (Å²) in [4.78, 5) is 27.1. The minimum atomic E-state index is -0.204. The fourth-order valence-electron chi connectivity index (χ4n) is 2.72. The third-order valence-corrected chi connectivity index (χ3v) is 3.91. The van der Waals surface area contributed by atoms with Crippen molar-refractivity contribution in [2.24, 2.45) is 0 Å². The second kappa shape index (κ2) is 6.47. The van der Waals surface area contributed by atoms with Crippen LogP contribution in [0, 0.1) is 0 Å². The number of aromatic nitrogens is 1. The molecule has 22 heavy (non-hydrogen) atoms. The Bertz CT molecular complexity index is 658. The van der Waals surface area contributed by atoms with Gasteiger partial charge < -0.3 is 15.6 Å². The van der Waals surface area contributed by atoms with Gasteiger partial charge in [0.1, 0.15) is 11.5 Å². The second-order valence-electron chi connectivity index (χ2n) is 5.56. The Balaban J connectivity index is 1.61. The fraction of sp³-hybridized carbons (Fsp3) is 0.294. The number of amides is 2. The predicted octanol–water partition coefficient (Wildman–Crippen LogP) is 2.94. The Morgan fingerprint density at radius 3 is 2.41 bits per heavy atom. The van der Waals surface area contributed by atoms with Crippen LogP contribution in [0.3, 0.4) is 0 Å². The van der Waals surface area contributed by atoms with Gasteiger partial charge in [-0.15, -0.1) is 0 Å². The molecule has 0 saturated heterocycles. The summed E-state index contributed by atoms with van der Waals surface area (Å²) in [5.74, 6) is 0.197. The lowest BCUT2D eigenvalue weighted by Gasteiger charge is -2.10. The zero-order valence-corrected chi connectivity index (χ0v) is 12.3. The second-order valence-corrected chi connectivity index (χ2v) is 5.56. The monoisotopic (exact) mass is 297 g/mol. The van der Waals surface area contributed by atoms with E-state index in [4.69, 9.17) is 0 Å². The molecule has 2 aromatic rings. The number of carbonyl (C=O) groups is 2. The van der Waals surface area contributed by atoms with Gasteiger partial charge in [-0.2, -0.15) is 0 Å². The van der Waals surface area contributed by atoms with Crippen LogP contribution >= 0.6 is 0 Å². The van der Waals surface area contributed by atoms with Gasteiger partial charge in [0, 0.05) is 11.6 Å². The van der Waals surface area contributed by atoms with E-state index in [-0.39, 0.29) is 17.9 Å². The van der Waals surface area contributed by atoms with E-state index in [1.54, 1.807) is 24.3 Å². The zero-order chi connectivity index (χ0) is 15.4. The van der Waals surface area contributed by atoms with Gasteiger partial charge >= 0.3 is 0 Å². The van der Waals surface area contributed by atoms with Crippen molar-refractivity contribution in [3.05, 3.63) is 53.7 Å². The van der Waals surface area contributed by atoms with Crippen molar-refractivity contribution in [1.29, 1.82) is 0 Å². The van der Waals surface area contributed by atoms with Gasteiger partial charge in [0.2, 0.25) is 0 Å². The minimum absolute atomic E-state index is 0.118. The number of benzene rings is 1. The van der Waals surface area contributed by atoms with Crippen molar-refractivity contribution in [3.8, 4) is 0 Å². The molecule has 0 spiro atoms. The van der Waals surface area contributed by atoms with Gasteiger partial charge in [-0.3, -0.25) is 9.59 Å². The first kappa shape index (κ1) is 14.4. The van der Waals surface area contributed by atoms with E-state index in [9.17, 15) is 9.59 Å². The fourth-order valence-corrected chi connectivity index (χ4v) is 2.72. The van der Waals surface area contributed by atoms with E-state index >= 15 is 0 Å². The number of rotatable bonds is 4. The number of aromatic amines is 1. The molecule has 0 atom stereocenters. The van der Waals surface area contributed by atoms with E-state index in [0.29, 0.717) is 17.1 Å². The van der Waals surface area contributed by atoms with E-state index < -0.39 is 0 Å². The van der Waals surface area contributed by atoms with Crippen molar-refractivity contribution in [2.75, 3.05) is 5.32 Å². The van der Waals surface area contributed by atoms with Crippen molar-refractivity contribution >= 4 is 17.6 Å². The number of hydrogen-bond donors (Lipinski definition) is 3. The number of anilines is 1. The van der Waals surface area contributed by atoms with E-state index in [1.807, 2.05) is 18.2 Å². The highest BCUT2D eigenvalue weighted by Crippen LogP contribution is 2.18. The minimum Gasteiger partial charge on any atom is -0.348 e. The summed E-state index contributed by atoms with van der Waals surface area (Å²) in [5.41, 5.74) is 1.05. The van der Waals surface area contributed by atoms with Crippen molar-refractivity contribution in [1.82, 2.24) is 10.3 Å². The summed E-state index contributed by atoms with van der Waals surface area (Å²) in [6.07, 6.45) is 4.44. The summed E-state index contributed by atoms with van der Waals surface area (Å²) in [5, 5.41) is 5.76. The quantitative estimate of drug-likeness (QED) is 0.811. The summed E-state index contributed by atoms with van der Waals surface area (Å²) in [6, 6.07) is 12.6. The molecule has 5 nitrogen and oxygen atoms in total. The summed E-state index contributed by atoms with van der Waals surface area (Å²) < 4.78 is 0. The molecule has 0 radical (unpaired) electrons. The van der Waals surface area contributed by atoms with E-state index in [2.05, 4.69) is 15.6 Å². The van der Waals surface area contributed by atoms with Crippen LogP contribution in [-0.2, 0) is 0 Å². The van der Waals surface area contributed by atoms with Gasteiger partial charge in [-0.25, -0.2) is 0 Å². The van der Waals surface area contributed by atoms with Crippen LogP contribution in [0.4, 0.5) is 5.82 Å². The molecule has 1 heterocycles. The third kappa shape index (κ3) is 3.36. The first-order chi connectivity index (χ1) is 10.7. The van der Waals surface area contributed by atoms with Gasteiger partial charge in [0.05, 0.1) is 0 Å². The highest BCUT2D eigenvalue weighted by Gasteiger charge is 2.19. The van der Waals surface area contributed by atoms with Gasteiger partial charge in [-0.1, -0.05) is 31.0 Å².